The molecule has 4 rings (SSSR count). The Morgan fingerprint density at radius 2 is 2.26 bits per heavy atom. The number of aromatic amines is 1. The maximum atomic E-state index is 12.0. The summed E-state index contributed by atoms with van der Waals surface area (Å²) < 4.78 is 10.6. The third-order valence-corrected chi connectivity index (χ3v) is 3.91. The third-order valence-electron chi connectivity index (χ3n) is 3.91. The van der Waals surface area contributed by atoms with Crippen LogP contribution in [0.4, 0.5) is 0 Å². The van der Waals surface area contributed by atoms with Gasteiger partial charge in [-0.1, -0.05) is 12.1 Å². The van der Waals surface area contributed by atoms with E-state index < -0.39 is 0 Å². The fraction of sp³-hybridized carbons (Fsp3) is 0.0500. The second-order valence-corrected chi connectivity index (χ2v) is 5.77. The molecule has 0 saturated heterocycles. The number of carbonyl (C=O) groups excluding carboxylic acids is 1. The number of carbonyl (C=O) groups is 1. The van der Waals surface area contributed by atoms with Crippen LogP contribution in [0.25, 0.3) is 22.2 Å². The van der Waals surface area contributed by atoms with Crippen LogP contribution < -0.4 is 10.2 Å². The van der Waals surface area contributed by atoms with Crippen LogP contribution in [-0.2, 0) is 4.79 Å². The highest BCUT2D eigenvalue weighted by Crippen LogP contribution is 2.27. The van der Waals surface area contributed by atoms with Gasteiger partial charge in [0.1, 0.15) is 11.4 Å². The van der Waals surface area contributed by atoms with Crippen molar-refractivity contribution in [1.29, 1.82) is 0 Å². The molecule has 27 heavy (non-hydrogen) atoms. The molecule has 0 aliphatic heterocycles. The molecule has 1 aromatic carbocycles. The van der Waals surface area contributed by atoms with Crippen molar-refractivity contribution in [3.63, 3.8) is 0 Å². The molecule has 4 aromatic rings. The molecule has 7 heteroatoms. The van der Waals surface area contributed by atoms with Gasteiger partial charge in [-0.2, -0.15) is 5.10 Å². The Labute approximate surface area is 154 Å². The van der Waals surface area contributed by atoms with E-state index in [0.717, 1.165) is 22.0 Å². The highest BCUT2D eigenvalue weighted by Gasteiger charge is 2.10. The molecule has 1 amide bonds. The van der Waals surface area contributed by atoms with E-state index in [2.05, 4.69) is 20.5 Å². The highest BCUT2D eigenvalue weighted by atomic mass is 16.5. The number of pyridine rings is 1. The Morgan fingerprint density at radius 1 is 1.30 bits per heavy atom. The van der Waals surface area contributed by atoms with Crippen molar-refractivity contribution in [1.82, 2.24) is 15.4 Å². The lowest BCUT2D eigenvalue weighted by molar-refractivity contribution is -0.123. The van der Waals surface area contributed by atoms with Crippen LogP contribution in [0.5, 0.6) is 5.75 Å². The maximum Gasteiger partial charge on any atom is 0.277 e. The molecule has 0 fully saturated rings. The maximum absolute atomic E-state index is 12.0. The average Bonchev–Trinajstić information content (AvgIpc) is 3.38. The Hall–Kier alpha value is -3.87. The molecular weight excluding hydrogens is 344 g/mol. The Morgan fingerprint density at radius 3 is 3.15 bits per heavy atom. The molecule has 0 aliphatic rings. The van der Waals surface area contributed by atoms with Crippen LogP contribution in [0.1, 0.15) is 5.56 Å². The lowest BCUT2D eigenvalue weighted by Crippen LogP contribution is -2.24. The number of rotatable bonds is 6. The summed E-state index contributed by atoms with van der Waals surface area (Å²) in [5.74, 6) is 0.129. The van der Waals surface area contributed by atoms with Crippen molar-refractivity contribution in [3.8, 4) is 17.0 Å². The number of fused-ring (bicyclic) bond motifs is 1. The summed E-state index contributed by atoms with van der Waals surface area (Å²) in [6.45, 7) is -0.177. The number of amides is 1. The van der Waals surface area contributed by atoms with Gasteiger partial charge in [0.25, 0.3) is 5.91 Å². The van der Waals surface area contributed by atoms with E-state index in [1.165, 1.54) is 0 Å². The lowest BCUT2D eigenvalue weighted by Gasteiger charge is -2.08. The fourth-order valence-electron chi connectivity index (χ4n) is 2.62. The first-order chi connectivity index (χ1) is 13.3. The SMILES string of the molecule is O=C(COc1cccnc1-c1ccoc1)NN=Cc1ccc2cc[nH]c2c1. The number of ether oxygens (including phenoxy) is 1. The second kappa shape index (κ2) is 7.57. The smallest absolute Gasteiger partial charge is 0.277 e. The monoisotopic (exact) mass is 360 g/mol. The predicted octanol–water partition coefficient (Wildman–Crippen LogP) is 3.35. The third kappa shape index (κ3) is 3.87. The van der Waals surface area contributed by atoms with Crippen molar-refractivity contribution >= 4 is 23.0 Å². The van der Waals surface area contributed by atoms with Gasteiger partial charge >= 0.3 is 0 Å². The zero-order valence-corrected chi connectivity index (χ0v) is 14.3. The second-order valence-electron chi connectivity index (χ2n) is 5.77. The number of benzene rings is 1. The van der Waals surface area contributed by atoms with Crippen molar-refractivity contribution < 1.29 is 13.9 Å². The molecule has 0 unspecified atom stereocenters. The number of furan rings is 1. The average molecular weight is 360 g/mol. The van der Waals surface area contributed by atoms with E-state index in [0.29, 0.717) is 11.4 Å². The van der Waals surface area contributed by atoms with Crippen LogP contribution in [0.3, 0.4) is 0 Å². The van der Waals surface area contributed by atoms with Crippen LogP contribution in [0.2, 0.25) is 0 Å². The van der Waals surface area contributed by atoms with E-state index in [1.807, 2.05) is 30.5 Å². The molecule has 7 nitrogen and oxygen atoms in total. The number of hydrogen-bond acceptors (Lipinski definition) is 5. The number of nitrogens with one attached hydrogen (secondary N) is 2. The molecular formula is C20H16N4O3. The summed E-state index contributed by atoms with van der Waals surface area (Å²) in [6.07, 6.45) is 8.24. The van der Waals surface area contributed by atoms with Gasteiger partial charge in [0.15, 0.2) is 6.61 Å². The van der Waals surface area contributed by atoms with Crippen molar-refractivity contribution in [2.45, 2.75) is 0 Å². The highest BCUT2D eigenvalue weighted by molar-refractivity contribution is 5.89. The van der Waals surface area contributed by atoms with Crippen LogP contribution in [0.15, 0.2) is 76.9 Å². The Bertz CT molecular complexity index is 1080. The zero-order valence-electron chi connectivity index (χ0n) is 14.3. The summed E-state index contributed by atoms with van der Waals surface area (Å²) in [7, 11) is 0. The van der Waals surface area contributed by atoms with Crippen LogP contribution >= 0.6 is 0 Å². The van der Waals surface area contributed by atoms with E-state index in [1.54, 1.807) is 43.1 Å². The van der Waals surface area contributed by atoms with Gasteiger partial charge in [-0.25, -0.2) is 5.43 Å². The van der Waals surface area contributed by atoms with Crippen LogP contribution in [0, 0.1) is 0 Å². The topological polar surface area (TPSA) is 92.5 Å². The van der Waals surface area contributed by atoms with Crippen molar-refractivity contribution in [3.05, 3.63) is 72.9 Å². The zero-order chi connectivity index (χ0) is 18.5. The minimum Gasteiger partial charge on any atom is -0.481 e. The van der Waals surface area contributed by atoms with E-state index in [4.69, 9.17) is 9.15 Å². The summed E-state index contributed by atoms with van der Waals surface area (Å²) in [5.41, 5.74) is 5.73. The summed E-state index contributed by atoms with van der Waals surface area (Å²) in [4.78, 5) is 19.4. The number of hydrogen-bond donors (Lipinski definition) is 2. The molecule has 3 aromatic heterocycles. The molecule has 0 aliphatic carbocycles. The van der Waals surface area contributed by atoms with Gasteiger partial charge in [-0.05, 0) is 41.3 Å². The van der Waals surface area contributed by atoms with Gasteiger partial charge in [0, 0.05) is 23.5 Å². The van der Waals surface area contributed by atoms with E-state index in [-0.39, 0.29) is 12.5 Å². The largest absolute Gasteiger partial charge is 0.481 e. The summed E-state index contributed by atoms with van der Waals surface area (Å²) in [6, 6.07) is 13.1. The number of hydrazone groups is 1. The number of nitrogens with zero attached hydrogens (tertiary/aromatic N) is 2. The molecule has 0 atom stereocenters. The molecule has 0 radical (unpaired) electrons. The van der Waals surface area contributed by atoms with Gasteiger partial charge in [0.05, 0.1) is 18.7 Å². The summed E-state index contributed by atoms with van der Waals surface area (Å²) in [5, 5.41) is 5.09. The first-order valence-corrected chi connectivity index (χ1v) is 8.29. The number of aromatic nitrogens is 2. The predicted molar refractivity (Wildman–Crippen MR) is 101 cm³/mol. The van der Waals surface area contributed by atoms with Gasteiger partial charge < -0.3 is 14.1 Å². The van der Waals surface area contributed by atoms with Crippen LogP contribution in [-0.4, -0.2) is 28.7 Å². The molecule has 2 N–H and O–H groups in total. The van der Waals surface area contributed by atoms with Crippen molar-refractivity contribution in [2.75, 3.05) is 6.61 Å². The first kappa shape index (κ1) is 16.6. The van der Waals surface area contributed by atoms with E-state index >= 15 is 0 Å². The standard InChI is InChI=1S/C20H16N4O3/c25-19(24-23-11-14-3-4-15-5-8-21-17(15)10-14)13-27-18-2-1-7-22-20(18)16-6-9-26-12-16/h1-12,21H,13H2,(H,24,25). The van der Waals surface area contributed by atoms with Crippen molar-refractivity contribution in [2.24, 2.45) is 5.10 Å². The van der Waals surface area contributed by atoms with Gasteiger partial charge in [0.2, 0.25) is 0 Å². The van der Waals surface area contributed by atoms with E-state index in [9.17, 15) is 4.79 Å². The molecule has 0 bridgehead atoms. The molecule has 0 spiro atoms. The minimum atomic E-state index is -0.366. The molecule has 0 saturated carbocycles. The summed E-state index contributed by atoms with van der Waals surface area (Å²) >= 11 is 0. The lowest BCUT2D eigenvalue weighted by atomic mass is 10.2. The van der Waals surface area contributed by atoms with Gasteiger partial charge in [-0.3, -0.25) is 9.78 Å². The fourth-order valence-corrected chi connectivity index (χ4v) is 2.62. The molecule has 3 heterocycles. The first-order valence-electron chi connectivity index (χ1n) is 8.29. The molecule has 134 valence electrons. The Balaban J connectivity index is 1.35. The number of H-pyrrole nitrogens is 1. The quantitative estimate of drug-likeness (QED) is 0.407. The van der Waals surface area contributed by atoms with Gasteiger partial charge in [-0.15, -0.1) is 0 Å². The minimum absolute atomic E-state index is 0.177. The normalized spacial score (nSPS) is 11.1. The Kier molecular flexibility index (Phi) is 4.65.